The van der Waals surface area contributed by atoms with Crippen LogP contribution < -0.4 is 16.8 Å². The molecule has 5 heteroatoms. The van der Waals surface area contributed by atoms with Gasteiger partial charge in [0.25, 0.3) is 5.91 Å². The van der Waals surface area contributed by atoms with Gasteiger partial charge in [0.15, 0.2) is 0 Å². The molecule has 0 bridgehead atoms. The van der Waals surface area contributed by atoms with E-state index in [1.165, 1.54) is 0 Å². The first-order chi connectivity index (χ1) is 8.95. The number of primary amides is 1. The highest BCUT2D eigenvalue weighted by molar-refractivity contribution is 5.99. The van der Waals surface area contributed by atoms with E-state index in [9.17, 15) is 4.79 Å². The number of anilines is 2. The second-order valence-electron chi connectivity index (χ2n) is 4.83. The molecule has 5 N–H and O–H groups in total. The Morgan fingerprint density at radius 1 is 1.47 bits per heavy atom. The lowest BCUT2D eigenvalue weighted by Crippen LogP contribution is -2.33. The molecule has 1 atom stereocenters. The zero-order valence-corrected chi connectivity index (χ0v) is 11.9. The Hall–Kier alpha value is -1.75. The number of hydrogen-bond donors (Lipinski definition) is 3. The summed E-state index contributed by atoms with van der Waals surface area (Å²) in [5, 5.41) is 3.23. The van der Waals surface area contributed by atoms with Crippen LogP contribution in [0.2, 0.25) is 0 Å². The first-order valence-corrected chi connectivity index (χ1v) is 6.59. The summed E-state index contributed by atoms with van der Waals surface area (Å²) in [5.41, 5.74) is 12.7. The van der Waals surface area contributed by atoms with Gasteiger partial charge >= 0.3 is 0 Å². The molecule has 0 aliphatic rings. The van der Waals surface area contributed by atoms with Crippen molar-refractivity contribution < 1.29 is 4.79 Å². The summed E-state index contributed by atoms with van der Waals surface area (Å²) >= 11 is 0. The van der Waals surface area contributed by atoms with Gasteiger partial charge in [0.1, 0.15) is 0 Å². The van der Waals surface area contributed by atoms with Gasteiger partial charge in [-0.25, -0.2) is 0 Å². The van der Waals surface area contributed by atoms with E-state index in [1.807, 2.05) is 0 Å². The summed E-state index contributed by atoms with van der Waals surface area (Å²) in [6, 6.07) is 5.69. The lowest BCUT2D eigenvalue weighted by Gasteiger charge is -2.23. The molecule has 0 radical (unpaired) electrons. The molecule has 0 aliphatic carbocycles. The van der Waals surface area contributed by atoms with Gasteiger partial charge in [-0.1, -0.05) is 6.92 Å². The van der Waals surface area contributed by atoms with Gasteiger partial charge in [0.2, 0.25) is 0 Å². The van der Waals surface area contributed by atoms with Crippen molar-refractivity contribution in [1.82, 2.24) is 4.90 Å². The number of benzene rings is 1. The van der Waals surface area contributed by atoms with Crippen molar-refractivity contribution in [2.24, 2.45) is 5.73 Å². The largest absolute Gasteiger partial charge is 0.399 e. The second kappa shape index (κ2) is 6.99. The molecular formula is C14H24N4O. The molecule has 1 aromatic rings. The monoisotopic (exact) mass is 264 g/mol. The number of carbonyl (C=O) groups excluding carboxylic acids is 1. The van der Waals surface area contributed by atoms with Gasteiger partial charge in [-0.2, -0.15) is 0 Å². The fourth-order valence-electron chi connectivity index (χ4n) is 1.82. The summed E-state index contributed by atoms with van der Waals surface area (Å²) in [6.45, 7) is 6.01. The van der Waals surface area contributed by atoms with E-state index in [1.54, 1.807) is 18.2 Å². The lowest BCUT2D eigenvalue weighted by atomic mass is 10.1. The molecular weight excluding hydrogens is 240 g/mol. The molecule has 0 saturated carbocycles. The summed E-state index contributed by atoms with van der Waals surface area (Å²) in [7, 11) is 2.09. The molecule has 0 aliphatic heterocycles. The molecule has 0 spiro atoms. The number of hydrogen-bond acceptors (Lipinski definition) is 4. The van der Waals surface area contributed by atoms with Crippen LogP contribution >= 0.6 is 0 Å². The fourth-order valence-corrected chi connectivity index (χ4v) is 1.82. The van der Waals surface area contributed by atoms with E-state index >= 15 is 0 Å². The maximum atomic E-state index is 11.3. The second-order valence-corrected chi connectivity index (χ2v) is 4.83. The standard InChI is InChI=1S/C14H24N4O/c1-4-10(2)18(3)8-7-17-13-6-5-11(15)9-12(13)14(16)19/h5-6,9-10,17H,4,7-8,15H2,1-3H3,(H2,16,19). The SMILES string of the molecule is CCC(C)N(C)CCNc1ccc(N)cc1C(N)=O. The predicted molar refractivity (Wildman–Crippen MR) is 80.2 cm³/mol. The first-order valence-electron chi connectivity index (χ1n) is 6.59. The molecule has 106 valence electrons. The first kappa shape index (κ1) is 15.3. The van der Waals surface area contributed by atoms with E-state index < -0.39 is 5.91 Å². The maximum Gasteiger partial charge on any atom is 0.250 e. The normalized spacial score (nSPS) is 12.4. The van der Waals surface area contributed by atoms with Gasteiger partial charge in [0.05, 0.1) is 5.56 Å². The summed E-state index contributed by atoms with van der Waals surface area (Å²) in [4.78, 5) is 13.6. The third kappa shape index (κ3) is 4.44. The van der Waals surface area contributed by atoms with Gasteiger partial charge < -0.3 is 21.7 Å². The minimum atomic E-state index is -0.468. The maximum absolute atomic E-state index is 11.3. The summed E-state index contributed by atoms with van der Waals surface area (Å²) in [6.07, 6.45) is 1.12. The van der Waals surface area contributed by atoms with Crippen LogP contribution in [0.4, 0.5) is 11.4 Å². The highest BCUT2D eigenvalue weighted by Gasteiger charge is 2.09. The van der Waals surface area contributed by atoms with Crippen molar-refractivity contribution >= 4 is 17.3 Å². The van der Waals surface area contributed by atoms with Crippen molar-refractivity contribution in [2.75, 3.05) is 31.2 Å². The van der Waals surface area contributed by atoms with Crippen molar-refractivity contribution in [1.29, 1.82) is 0 Å². The van der Waals surface area contributed by atoms with E-state index in [0.717, 1.165) is 25.2 Å². The van der Waals surface area contributed by atoms with Crippen molar-refractivity contribution in [2.45, 2.75) is 26.3 Å². The molecule has 19 heavy (non-hydrogen) atoms. The molecule has 1 unspecified atom stereocenters. The van der Waals surface area contributed by atoms with Crippen LogP contribution in [-0.2, 0) is 0 Å². The Bertz CT molecular complexity index is 433. The van der Waals surface area contributed by atoms with Gasteiger partial charge in [-0.15, -0.1) is 0 Å². The molecule has 0 heterocycles. The van der Waals surface area contributed by atoms with Crippen LogP contribution in [0, 0.1) is 0 Å². The van der Waals surface area contributed by atoms with Crippen LogP contribution in [0.5, 0.6) is 0 Å². The number of carbonyl (C=O) groups is 1. The number of nitrogens with two attached hydrogens (primary N) is 2. The number of nitrogen functional groups attached to an aromatic ring is 1. The molecule has 1 aromatic carbocycles. The summed E-state index contributed by atoms with van der Waals surface area (Å²) in [5.74, 6) is -0.468. The highest BCUT2D eigenvalue weighted by atomic mass is 16.1. The molecule has 0 saturated heterocycles. The minimum absolute atomic E-state index is 0.436. The molecule has 0 aromatic heterocycles. The minimum Gasteiger partial charge on any atom is -0.399 e. The third-order valence-electron chi connectivity index (χ3n) is 3.43. The predicted octanol–water partition coefficient (Wildman–Crippen LogP) is 1.51. The van der Waals surface area contributed by atoms with E-state index in [4.69, 9.17) is 11.5 Å². The number of likely N-dealkylation sites (N-methyl/N-ethyl adjacent to an activating group) is 1. The Labute approximate surface area is 115 Å². The number of rotatable bonds is 7. The quantitative estimate of drug-likeness (QED) is 0.652. The van der Waals surface area contributed by atoms with Crippen molar-refractivity contribution in [3.05, 3.63) is 23.8 Å². The zero-order valence-electron chi connectivity index (χ0n) is 11.9. The third-order valence-corrected chi connectivity index (χ3v) is 3.43. The molecule has 5 nitrogen and oxygen atoms in total. The lowest BCUT2D eigenvalue weighted by molar-refractivity contribution is 0.100. The highest BCUT2D eigenvalue weighted by Crippen LogP contribution is 2.18. The smallest absolute Gasteiger partial charge is 0.250 e. The average molecular weight is 264 g/mol. The Morgan fingerprint density at radius 2 is 2.16 bits per heavy atom. The Morgan fingerprint density at radius 3 is 2.74 bits per heavy atom. The van der Waals surface area contributed by atoms with E-state index in [-0.39, 0.29) is 0 Å². The molecule has 0 fully saturated rings. The molecule has 1 rings (SSSR count). The van der Waals surface area contributed by atoms with Gasteiger partial charge in [-0.05, 0) is 38.6 Å². The zero-order chi connectivity index (χ0) is 14.4. The summed E-state index contributed by atoms with van der Waals surface area (Å²) < 4.78 is 0. The Balaban J connectivity index is 2.61. The number of amides is 1. The van der Waals surface area contributed by atoms with Gasteiger partial charge in [-0.3, -0.25) is 4.79 Å². The van der Waals surface area contributed by atoms with Crippen LogP contribution in [-0.4, -0.2) is 37.0 Å². The van der Waals surface area contributed by atoms with Crippen molar-refractivity contribution in [3.63, 3.8) is 0 Å². The average Bonchev–Trinajstić information content (AvgIpc) is 2.38. The molecule has 1 amide bonds. The van der Waals surface area contributed by atoms with Crippen LogP contribution in [0.15, 0.2) is 18.2 Å². The van der Waals surface area contributed by atoms with Crippen LogP contribution in [0.1, 0.15) is 30.6 Å². The Kier molecular flexibility index (Phi) is 5.63. The van der Waals surface area contributed by atoms with Gasteiger partial charge in [0, 0.05) is 30.5 Å². The van der Waals surface area contributed by atoms with E-state index in [2.05, 4.69) is 31.1 Å². The van der Waals surface area contributed by atoms with Crippen LogP contribution in [0.25, 0.3) is 0 Å². The fraction of sp³-hybridized carbons (Fsp3) is 0.500. The number of nitrogens with zero attached hydrogens (tertiary/aromatic N) is 1. The number of nitrogens with one attached hydrogen (secondary N) is 1. The van der Waals surface area contributed by atoms with Crippen LogP contribution in [0.3, 0.4) is 0 Å². The van der Waals surface area contributed by atoms with Crippen molar-refractivity contribution in [3.8, 4) is 0 Å². The topological polar surface area (TPSA) is 84.4 Å². The van der Waals surface area contributed by atoms with E-state index in [0.29, 0.717) is 17.3 Å².